The molecule has 114 valence electrons. The lowest BCUT2D eigenvalue weighted by atomic mass is 9.72. The van der Waals surface area contributed by atoms with E-state index in [9.17, 15) is 14.7 Å². The Balaban J connectivity index is 2.12. The maximum absolute atomic E-state index is 12.1. The van der Waals surface area contributed by atoms with Crippen LogP contribution >= 0.6 is 0 Å². The zero-order valence-electron chi connectivity index (χ0n) is 12.3. The number of rotatable bonds is 1. The van der Waals surface area contributed by atoms with E-state index in [1.165, 1.54) is 4.90 Å². The predicted molar refractivity (Wildman–Crippen MR) is 71.4 cm³/mol. The van der Waals surface area contributed by atoms with E-state index in [-0.39, 0.29) is 12.0 Å². The Morgan fingerprint density at radius 3 is 2.40 bits per heavy atom. The normalized spacial score (nSPS) is 25.8. The van der Waals surface area contributed by atoms with Crippen molar-refractivity contribution in [3.63, 3.8) is 0 Å². The molecule has 0 aromatic heterocycles. The van der Waals surface area contributed by atoms with Crippen molar-refractivity contribution >= 4 is 12.1 Å². The lowest BCUT2D eigenvalue weighted by Crippen LogP contribution is -2.40. The Hall–Kier alpha value is -1.30. The molecule has 1 unspecified atom stereocenters. The first-order valence-corrected chi connectivity index (χ1v) is 7.02. The molecule has 1 atom stereocenters. The van der Waals surface area contributed by atoms with Crippen molar-refractivity contribution in [1.82, 2.24) is 4.90 Å². The van der Waals surface area contributed by atoms with E-state index < -0.39 is 23.6 Å². The number of carboxylic acids is 1. The van der Waals surface area contributed by atoms with Gasteiger partial charge >= 0.3 is 12.1 Å². The number of hydrogen-bond acceptors (Lipinski definition) is 4. The highest BCUT2D eigenvalue weighted by molar-refractivity contribution is 5.75. The van der Waals surface area contributed by atoms with Crippen molar-refractivity contribution in [2.24, 2.45) is 11.3 Å². The number of likely N-dealkylation sites (tertiary alicyclic amines) is 1. The molecule has 1 amide bonds. The molecule has 0 aromatic carbocycles. The maximum Gasteiger partial charge on any atom is 0.410 e. The monoisotopic (exact) mass is 285 g/mol. The van der Waals surface area contributed by atoms with Crippen molar-refractivity contribution in [2.45, 2.75) is 39.2 Å². The summed E-state index contributed by atoms with van der Waals surface area (Å²) in [6.07, 6.45) is 0.944. The fraction of sp³-hybridized carbons (Fsp3) is 0.857. The Labute approximate surface area is 119 Å². The fourth-order valence-electron chi connectivity index (χ4n) is 3.06. The second-order valence-corrected chi connectivity index (χ2v) is 6.73. The lowest BCUT2D eigenvalue weighted by molar-refractivity contribution is -0.146. The van der Waals surface area contributed by atoms with E-state index >= 15 is 0 Å². The van der Waals surface area contributed by atoms with Crippen LogP contribution in [0.2, 0.25) is 0 Å². The number of amides is 1. The summed E-state index contributed by atoms with van der Waals surface area (Å²) in [4.78, 5) is 25.2. The average Bonchev–Trinajstić information content (AvgIpc) is 2.67. The largest absolute Gasteiger partial charge is 0.481 e. The molecule has 0 saturated carbocycles. The van der Waals surface area contributed by atoms with E-state index in [1.54, 1.807) is 20.8 Å². The second-order valence-electron chi connectivity index (χ2n) is 6.73. The molecule has 6 heteroatoms. The van der Waals surface area contributed by atoms with Crippen LogP contribution in [0.3, 0.4) is 0 Å². The second kappa shape index (κ2) is 5.24. The number of carbonyl (C=O) groups excluding carboxylic acids is 1. The van der Waals surface area contributed by atoms with Gasteiger partial charge in [-0.3, -0.25) is 4.79 Å². The molecule has 0 aliphatic carbocycles. The zero-order chi connectivity index (χ0) is 15.0. The highest BCUT2D eigenvalue weighted by atomic mass is 16.6. The molecule has 2 saturated heterocycles. The minimum absolute atomic E-state index is 0.226. The maximum atomic E-state index is 12.1. The molecule has 1 N–H and O–H groups in total. The fourth-order valence-corrected chi connectivity index (χ4v) is 3.06. The first kappa shape index (κ1) is 15.1. The van der Waals surface area contributed by atoms with Crippen molar-refractivity contribution in [3.8, 4) is 0 Å². The first-order valence-electron chi connectivity index (χ1n) is 7.02. The molecular formula is C14H23NO5. The van der Waals surface area contributed by atoms with Crippen LogP contribution in [0, 0.1) is 11.3 Å². The van der Waals surface area contributed by atoms with Crippen LogP contribution in [-0.4, -0.2) is 54.0 Å². The van der Waals surface area contributed by atoms with Crippen molar-refractivity contribution in [2.75, 3.05) is 26.3 Å². The zero-order valence-corrected chi connectivity index (χ0v) is 12.3. The molecule has 2 heterocycles. The van der Waals surface area contributed by atoms with Gasteiger partial charge in [0, 0.05) is 31.7 Å². The highest BCUT2D eigenvalue weighted by Crippen LogP contribution is 2.44. The smallest absolute Gasteiger partial charge is 0.410 e. The topological polar surface area (TPSA) is 76.1 Å². The molecule has 6 nitrogen and oxygen atoms in total. The number of carbonyl (C=O) groups is 2. The van der Waals surface area contributed by atoms with Crippen LogP contribution in [0.4, 0.5) is 4.79 Å². The lowest BCUT2D eigenvalue weighted by Gasteiger charge is -2.36. The third kappa shape index (κ3) is 3.06. The van der Waals surface area contributed by atoms with Gasteiger partial charge in [-0.1, -0.05) is 0 Å². The molecule has 2 aliphatic heterocycles. The standard InChI is InChI=1S/C14H23NO5/c1-13(2,3)20-12(18)15-8-10(11(16)17)14(9-15)4-6-19-7-5-14/h10H,4-9H2,1-3H3,(H,16,17). The van der Waals surface area contributed by atoms with Crippen LogP contribution in [-0.2, 0) is 14.3 Å². The predicted octanol–water partition coefficient (Wildman–Crippen LogP) is 1.73. The molecular weight excluding hydrogens is 262 g/mol. The van der Waals surface area contributed by atoms with Gasteiger partial charge in [0.05, 0.1) is 5.92 Å². The van der Waals surface area contributed by atoms with Crippen LogP contribution in [0.25, 0.3) is 0 Å². The van der Waals surface area contributed by atoms with Gasteiger partial charge in [0.15, 0.2) is 0 Å². The van der Waals surface area contributed by atoms with Gasteiger partial charge in [0.1, 0.15) is 5.60 Å². The molecule has 0 radical (unpaired) electrons. The SMILES string of the molecule is CC(C)(C)OC(=O)N1CC(C(=O)O)C2(CCOCC2)C1. The Morgan fingerprint density at radius 2 is 1.90 bits per heavy atom. The Kier molecular flexibility index (Phi) is 3.95. The summed E-state index contributed by atoms with van der Waals surface area (Å²) < 4.78 is 10.7. The summed E-state index contributed by atoms with van der Waals surface area (Å²) in [6, 6.07) is 0. The highest BCUT2D eigenvalue weighted by Gasteiger charge is 2.52. The summed E-state index contributed by atoms with van der Waals surface area (Å²) in [6.45, 7) is 7.21. The van der Waals surface area contributed by atoms with E-state index in [2.05, 4.69) is 0 Å². The van der Waals surface area contributed by atoms with E-state index in [0.717, 1.165) is 0 Å². The van der Waals surface area contributed by atoms with E-state index in [0.29, 0.717) is 32.6 Å². The number of nitrogens with zero attached hydrogens (tertiary/aromatic N) is 1. The van der Waals surface area contributed by atoms with Gasteiger partial charge in [0.25, 0.3) is 0 Å². The summed E-state index contributed by atoms with van der Waals surface area (Å²) in [5.41, 5.74) is -0.928. The molecule has 0 aromatic rings. The van der Waals surface area contributed by atoms with E-state index in [4.69, 9.17) is 9.47 Å². The minimum atomic E-state index is -0.835. The van der Waals surface area contributed by atoms with Gasteiger partial charge in [-0.15, -0.1) is 0 Å². The van der Waals surface area contributed by atoms with Crippen LogP contribution in [0.15, 0.2) is 0 Å². The average molecular weight is 285 g/mol. The van der Waals surface area contributed by atoms with Gasteiger partial charge in [0.2, 0.25) is 0 Å². The van der Waals surface area contributed by atoms with Crippen molar-refractivity contribution in [1.29, 1.82) is 0 Å². The summed E-state index contributed by atoms with van der Waals surface area (Å²) >= 11 is 0. The van der Waals surface area contributed by atoms with Crippen LogP contribution < -0.4 is 0 Å². The van der Waals surface area contributed by atoms with Gasteiger partial charge in [-0.25, -0.2) is 4.79 Å². The van der Waals surface area contributed by atoms with E-state index in [1.807, 2.05) is 0 Å². The van der Waals surface area contributed by atoms with Gasteiger partial charge in [-0.2, -0.15) is 0 Å². The quantitative estimate of drug-likeness (QED) is 0.794. The van der Waals surface area contributed by atoms with Crippen LogP contribution in [0.5, 0.6) is 0 Å². The summed E-state index contributed by atoms with van der Waals surface area (Å²) in [5, 5.41) is 9.44. The Bertz CT molecular complexity index is 395. The van der Waals surface area contributed by atoms with Gasteiger partial charge in [-0.05, 0) is 33.6 Å². The number of carboxylic acid groups (broad SMARTS) is 1. The van der Waals surface area contributed by atoms with Gasteiger partial charge < -0.3 is 19.5 Å². The molecule has 0 bridgehead atoms. The number of hydrogen-bond donors (Lipinski definition) is 1. The Morgan fingerprint density at radius 1 is 1.30 bits per heavy atom. The molecule has 2 rings (SSSR count). The van der Waals surface area contributed by atoms with Crippen molar-refractivity contribution < 1.29 is 24.2 Å². The molecule has 1 spiro atoms. The third-order valence-corrected chi connectivity index (χ3v) is 4.09. The third-order valence-electron chi connectivity index (χ3n) is 4.09. The number of ether oxygens (including phenoxy) is 2. The number of aliphatic carboxylic acids is 1. The molecule has 2 aliphatic rings. The van der Waals surface area contributed by atoms with Crippen molar-refractivity contribution in [3.05, 3.63) is 0 Å². The molecule has 2 fully saturated rings. The molecule has 20 heavy (non-hydrogen) atoms. The summed E-state index contributed by atoms with van der Waals surface area (Å²) in [7, 11) is 0. The summed E-state index contributed by atoms with van der Waals surface area (Å²) in [5.74, 6) is -1.36. The first-order chi connectivity index (χ1) is 9.23. The van der Waals surface area contributed by atoms with Crippen LogP contribution in [0.1, 0.15) is 33.6 Å². The minimum Gasteiger partial charge on any atom is -0.481 e.